The Balaban J connectivity index is 1.34. The maximum atomic E-state index is 13.8. The first kappa shape index (κ1) is 40.1. The fraction of sp³-hybridized carbons (Fsp3) is 0.727. The van der Waals surface area contributed by atoms with E-state index in [1.54, 1.807) is 6.92 Å². The standard InChI is InChI=1S/C33H46O19/c1-4-13-14(5-6-34)16(10-46-30(13)51-32-26(41)24(39)22(37)19(8-35)49-32)29(44)48-18-7-15-17(28(43)45-3)11-47-31(21(15)12(18)2)52-33-27(42)25(40)23(38)20(9-36)50-33/h4,6,10-15,18-27,30-33,35-42H,1,5,7-9H2,2-3H3/t12?,13?,14?,15-,18+,19?,20?,21-,22?,23?,24?,25?,26?,27?,30?,31?,32?,33?/m1/s1. The summed E-state index contributed by atoms with van der Waals surface area (Å²) in [5.74, 6) is -5.39. The molecule has 52 heavy (non-hydrogen) atoms. The smallest absolute Gasteiger partial charge is 0.337 e. The van der Waals surface area contributed by atoms with Crippen LogP contribution in [0.1, 0.15) is 19.8 Å². The van der Waals surface area contributed by atoms with E-state index in [-0.39, 0.29) is 24.0 Å². The van der Waals surface area contributed by atoms with Gasteiger partial charge in [0.2, 0.25) is 12.6 Å². The van der Waals surface area contributed by atoms with Crippen LogP contribution in [0.3, 0.4) is 0 Å². The molecular formula is C33H46O19. The van der Waals surface area contributed by atoms with Gasteiger partial charge in [0.15, 0.2) is 12.6 Å². The van der Waals surface area contributed by atoms with Crippen LogP contribution in [0.2, 0.25) is 0 Å². The summed E-state index contributed by atoms with van der Waals surface area (Å²) in [6.07, 6.45) is -15.4. The van der Waals surface area contributed by atoms with Crippen molar-refractivity contribution in [3.63, 3.8) is 0 Å². The van der Waals surface area contributed by atoms with Crippen molar-refractivity contribution in [2.45, 2.75) is 99.9 Å². The van der Waals surface area contributed by atoms with Gasteiger partial charge in [-0.25, -0.2) is 9.59 Å². The van der Waals surface area contributed by atoms with E-state index in [0.29, 0.717) is 6.29 Å². The van der Waals surface area contributed by atoms with Crippen LogP contribution in [-0.2, 0) is 52.3 Å². The molecule has 0 spiro atoms. The number of aldehydes is 1. The number of fused-ring (bicyclic) bond motifs is 1. The second kappa shape index (κ2) is 17.0. The van der Waals surface area contributed by atoms with Crippen molar-refractivity contribution in [3.8, 4) is 0 Å². The molecule has 0 radical (unpaired) electrons. The van der Waals surface area contributed by atoms with Gasteiger partial charge in [-0.1, -0.05) is 13.0 Å². The highest BCUT2D eigenvalue weighted by Gasteiger charge is 2.55. The van der Waals surface area contributed by atoms with Crippen molar-refractivity contribution in [1.29, 1.82) is 0 Å². The fourth-order valence-electron chi connectivity index (χ4n) is 7.45. The lowest BCUT2D eigenvalue weighted by Crippen LogP contribution is -2.60. The van der Waals surface area contributed by atoms with E-state index >= 15 is 0 Å². The number of rotatable bonds is 12. The maximum Gasteiger partial charge on any atom is 0.337 e. The van der Waals surface area contributed by atoms with E-state index < -0.39 is 135 Å². The number of esters is 2. The number of hydrogen-bond donors (Lipinski definition) is 8. The summed E-state index contributed by atoms with van der Waals surface area (Å²) in [5, 5.41) is 80.8. The van der Waals surface area contributed by atoms with Crippen molar-refractivity contribution < 1.29 is 93.1 Å². The van der Waals surface area contributed by atoms with Crippen LogP contribution in [0.5, 0.6) is 0 Å². The Bertz CT molecular complexity index is 1350. The minimum absolute atomic E-state index is 0.0678. The monoisotopic (exact) mass is 746 g/mol. The largest absolute Gasteiger partial charge is 0.472 e. The van der Waals surface area contributed by atoms with Gasteiger partial charge >= 0.3 is 11.9 Å². The van der Waals surface area contributed by atoms with Gasteiger partial charge in [-0.05, 0) is 6.42 Å². The molecule has 4 heterocycles. The number of aliphatic hydroxyl groups excluding tert-OH is 8. The van der Waals surface area contributed by atoms with E-state index in [4.69, 9.17) is 37.9 Å². The zero-order valence-corrected chi connectivity index (χ0v) is 28.3. The van der Waals surface area contributed by atoms with E-state index in [2.05, 4.69) is 6.58 Å². The number of aliphatic hydroxyl groups is 8. The van der Waals surface area contributed by atoms with E-state index in [9.17, 15) is 55.2 Å². The van der Waals surface area contributed by atoms with Crippen molar-refractivity contribution in [2.24, 2.45) is 29.6 Å². The lowest BCUT2D eigenvalue weighted by atomic mass is 9.82. The lowest BCUT2D eigenvalue weighted by Gasteiger charge is -2.43. The predicted octanol–water partition coefficient (Wildman–Crippen LogP) is -3.54. The third-order valence-corrected chi connectivity index (χ3v) is 10.5. The van der Waals surface area contributed by atoms with Crippen LogP contribution in [-0.4, -0.2) is 159 Å². The van der Waals surface area contributed by atoms with Crippen LogP contribution in [0.4, 0.5) is 0 Å². The van der Waals surface area contributed by atoms with Gasteiger partial charge in [-0.3, -0.25) is 0 Å². The Labute approximate surface area is 297 Å². The van der Waals surface area contributed by atoms with Crippen molar-refractivity contribution in [2.75, 3.05) is 20.3 Å². The Hall–Kier alpha value is -3.05. The van der Waals surface area contributed by atoms with Crippen molar-refractivity contribution in [1.82, 2.24) is 0 Å². The van der Waals surface area contributed by atoms with Gasteiger partial charge in [0, 0.05) is 36.0 Å². The van der Waals surface area contributed by atoms with Gasteiger partial charge in [0.25, 0.3) is 0 Å². The normalized spacial score (nSPS) is 44.6. The lowest BCUT2D eigenvalue weighted by molar-refractivity contribution is -0.342. The number of methoxy groups -OCH3 is 1. The second-order valence-corrected chi connectivity index (χ2v) is 13.4. The number of carbonyl (C=O) groups excluding carboxylic acids is 3. The molecule has 4 aliphatic heterocycles. The van der Waals surface area contributed by atoms with Gasteiger partial charge in [-0.2, -0.15) is 0 Å². The molecule has 3 fully saturated rings. The summed E-state index contributed by atoms with van der Waals surface area (Å²) in [6.45, 7) is 4.09. The number of ether oxygens (including phenoxy) is 8. The molecule has 1 saturated carbocycles. The summed E-state index contributed by atoms with van der Waals surface area (Å²) in [4.78, 5) is 38.3. The second-order valence-electron chi connectivity index (χ2n) is 13.4. The number of carbonyl (C=O) groups is 3. The first-order valence-electron chi connectivity index (χ1n) is 16.8. The van der Waals surface area contributed by atoms with Crippen LogP contribution in [0.25, 0.3) is 0 Å². The zero-order chi connectivity index (χ0) is 38.0. The molecule has 292 valence electrons. The molecule has 18 atom stereocenters. The third kappa shape index (κ3) is 7.63. The number of hydrogen-bond acceptors (Lipinski definition) is 19. The molecule has 0 aromatic heterocycles. The first-order chi connectivity index (χ1) is 24.8. The van der Waals surface area contributed by atoms with Crippen molar-refractivity contribution >= 4 is 18.2 Å². The van der Waals surface area contributed by atoms with Gasteiger partial charge in [-0.15, -0.1) is 6.58 Å². The topological polar surface area (TPSA) is 287 Å². The zero-order valence-electron chi connectivity index (χ0n) is 28.3. The molecule has 19 heteroatoms. The molecular weight excluding hydrogens is 700 g/mol. The highest BCUT2D eigenvalue weighted by Crippen LogP contribution is 2.49. The molecule has 15 unspecified atom stereocenters. The Kier molecular flexibility index (Phi) is 13.1. The third-order valence-electron chi connectivity index (χ3n) is 10.5. The molecule has 0 aromatic carbocycles. The molecule has 0 aromatic rings. The summed E-state index contributed by atoms with van der Waals surface area (Å²) < 4.78 is 44.9. The van der Waals surface area contributed by atoms with Crippen molar-refractivity contribution in [3.05, 3.63) is 36.3 Å². The average Bonchev–Trinajstić information content (AvgIpc) is 3.47. The summed E-state index contributed by atoms with van der Waals surface area (Å²) in [6, 6.07) is 0. The van der Waals surface area contributed by atoms with Crippen LogP contribution < -0.4 is 0 Å². The molecule has 5 aliphatic rings. The Morgan fingerprint density at radius 3 is 1.87 bits per heavy atom. The minimum Gasteiger partial charge on any atom is -0.472 e. The Morgan fingerprint density at radius 2 is 1.35 bits per heavy atom. The van der Waals surface area contributed by atoms with Gasteiger partial charge in [0.05, 0.1) is 44.0 Å². The van der Waals surface area contributed by atoms with Gasteiger partial charge < -0.3 is 83.5 Å². The fourth-order valence-corrected chi connectivity index (χ4v) is 7.45. The van der Waals surface area contributed by atoms with Crippen LogP contribution in [0, 0.1) is 29.6 Å². The molecule has 5 rings (SSSR count). The highest BCUT2D eigenvalue weighted by atomic mass is 16.8. The Morgan fingerprint density at radius 1 is 0.808 bits per heavy atom. The SMILES string of the molecule is C=CC1C(OC2OC(CO)C(O)C(O)C2O)OC=C(C(=O)O[C@H]2C[C@@H]3C(C(=O)OC)=COC(OC4OC(CO)C(O)C(O)C4O)[C@@H]3C2C)C1CC=O. The summed E-state index contributed by atoms with van der Waals surface area (Å²) >= 11 is 0. The van der Waals surface area contributed by atoms with E-state index in [0.717, 1.165) is 12.5 Å². The maximum absolute atomic E-state index is 13.8. The minimum atomic E-state index is -1.75. The molecule has 0 amide bonds. The molecule has 19 nitrogen and oxygen atoms in total. The van der Waals surface area contributed by atoms with E-state index in [1.165, 1.54) is 13.2 Å². The molecule has 0 bridgehead atoms. The molecule has 2 saturated heterocycles. The highest BCUT2D eigenvalue weighted by molar-refractivity contribution is 5.90. The molecule has 8 N–H and O–H groups in total. The quantitative estimate of drug-likeness (QED) is 0.0545. The van der Waals surface area contributed by atoms with E-state index in [1.807, 2.05) is 0 Å². The molecule has 1 aliphatic carbocycles. The van der Waals surface area contributed by atoms with Crippen LogP contribution >= 0.6 is 0 Å². The van der Waals surface area contributed by atoms with Gasteiger partial charge in [0.1, 0.15) is 61.2 Å². The summed E-state index contributed by atoms with van der Waals surface area (Å²) in [7, 11) is 1.18. The predicted molar refractivity (Wildman–Crippen MR) is 166 cm³/mol. The first-order valence-corrected chi connectivity index (χ1v) is 16.8. The summed E-state index contributed by atoms with van der Waals surface area (Å²) in [5.41, 5.74) is 0.0485. The average molecular weight is 747 g/mol. The van der Waals surface area contributed by atoms with Crippen LogP contribution in [0.15, 0.2) is 36.3 Å².